The Bertz CT molecular complexity index is 2010. The van der Waals surface area contributed by atoms with Crippen molar-refractivity contribution in [1.82, 2.24) is 9.97 Å². The van der Waals surface area contributed by atoms with Crippen molar-refractivity contribution >= 4 is 74.7 Å². The molecule has 5 rings (SSSR count). The Labute approximate surface area is 333 Å². The normalized spacial score (nSPS) is 12.9. The molecule has 1 N–H and O–H groups in total. The predicted molar refractivity (Wildman–Crippen MR) is 230 cm³/mol. The van der Waals surface area contributed by atoms with Gasteiger partial charge in [0.1, 0.15) is 12.1 Å². The van der Waals surface area contributed by atoms with Crippen molar-refractivity contribution in [2.75, 3.05) is 0 Å². The molecule has 0 amide bonds. The summed E-state index contributed by atoms with van der Waals surface area (Å²) in [5.74, 6) is 0.286. The second-order valence-electron chi connectivity index (χ2n) is 15.9. The van der Waals surface area contributed by atoms with E-state index in [9.17, 15) is 9.90 Å². The zero-order valence-electron chi connectivity index (χ0n) is 33.7. The summed E-state index contributed by atoms with van der Waals surface area (Å²) in [5.41, 5.74) is 2.58. The zero-order valence-corrected chi connectivity index (χ0v) is 38.9. The Morgan fingerprint density at radius 1 is 0.827 bits per heavy atom. The standard InChI is InChI=1S/C29H33N2SSi2.C15H28O2.Ir/c1-7-34(8-2,9-3)22-14-15-24-25(18-22)32-29-27(30-19-31-28(24)29)21-16-20-12-10-11-13-23(20)26(17-21)33(4,5)6;1-7-14(5,8-2)12(16)11-13(17)15(6,9-3)10-4;/h10-15,17-19H,7-9H2,1-6H3;11,16H,7-10H2,1-6H3;/q-1;;/b;12-11-;. The minimum atomic E-state index is -1.56. The van der Waals surface area contributed by atoms with Crippen LogP contribution >= 0.6 is 11.3 Å². The number of ketones is 1. The molecular formula is C44H61IrN2O2SSi2-. The SMILES string of the molecule is CCC(C)(CC)C(=O)/C=C(\O)C(C)(CC)CC.CC[Si](CC)(CC)c1ccc2c(c1)sc1c(-c3[c-]c4ccccc4c([Si](C)(C)C)c3)ncnc12.[Ir]. The van der Waals surface area contributed by atoms with Crippen LogP contribution < -0.4 is 10.4 Å². The van der Waals surface area contributed by atoms with Gasteiger partial charge in [0, 0.05) is 57.5 Å². The Kier molecular flexibility index (Phi) is 15.0. The third-order valence-electron chi connectivity index (χ3n) is 12.3. The van der Waals surface area contributed by atoms with E-state index in [1.54, 1.807) is 11.5 Å². The van der Waals surface area contributed by atoms with Crippen LogP contribution in [0.15, 0.2) is 66.7 Å². The number of allylic oxidation sites excluding steroid dienone is 2. The molecule has 0 atom stereocenters. The van der Waals surface area contributed by atoms with Gasteiger partial charge in [0.05, 0.1) is 21.7 Å². The number of fused-ring (bicyclic) bond motifs is 4. The van der Waals surface area contributed by atoms with Crippen LogP contribution in [-0.4, -0.2) is 37.0 Å². The molecule has 52 heavy (non-hydrogen) atoms. The maximum Gasteiger partial charge on any atom is 0.164 e. The molecule has 5 aromatic rings. The Hall–Kier alpha value is -2.49. The second kappa shape index (κ2) is 17.8. The van der Waals surface area contributed by atoms with Crippen molar-refractivity contribution in [1.29, 1.82) is 0 Å². The molecule has 3 aromatic carbocycles. The van der Waals surface area contributed by atoms with Crippen LogP contribution in [0, 0.1) is 16.9 Å². The molecule has 0 spiro atoms. The number of carbonyl (C=O) groups excluding carboxylic acids is 1. The summed E-state index contributed by atoms with van der Waals surface area (Å²) in [6.07, 6.45) is 6.49. The molecule has 0 saturated heterocycles. The van der Waals surface area contributed by atoms with Crippen LogP contribution in [0.5, 0.6) is 0 Å². The first kappa shape index (κ1) is 43.9. The molecule has 0 aliphatic heterocycles. The van der Waals surface area contributed by atoms with E-state index in [1.807, 2.05) is 52.9 Å². The van der Waals surface area contributed by atoms with Crippen molar-refractivity contribution in [3.8, 4) is 11.3 Å². The maximum atomic E-state index is 12.2. The third-order valence-corrected chi connectivity index (χ3v) is 21.1. The van der Waals surface area contributed by atoms with Crippen LogP contribution in [-0.2, 0) is 24.9 Å². The number of aliphatic hydroxyl groups excluding tert-OH is 1. The summed E-state index contributed by atoms with van der Waals surface area (Å²) in [4.78, 5) is 21.7. The van der Waals surface area contributed by atoms with Crippen LogP contribution in [0.25, 0.3) is 42.3 Å². The number of rotatable bonds is 13. The monoisotopic (exact) mass is 930 g/mol. The average Bonchev–Trinajstić information content (AvgIpc) is 3.52. The van der Waals surface area contributed by atoms with Crippen molar-refractivity contribution in [2.24, 2.45) is 10.8 Å². The Morgan fingerprint density at radius 2 is 1.42 bits per heavy atom. The van der Waals surface area contributed by atoms with E-state index < -0.39 is 16.1 Å². The van der Waals surface area contributed by atoms with Gasteiger partial charge in [-0.1, -0.05) is 147 Å². The minimum absolute atomic E-state index is 0. The summed E-state index contributed by atoms with van der Waals surface area (Å²) in [7, 11) is -2.99. The molecule has 1 radical (unpaired) electrons. The van der Waals surface area contributed by atoms with E-state index in [0.717, 1.165) is 42.5 Å². The van der Waals surface area contributed by atoms with Crippen LogP contribution in [0.1, 0.15) is 88.0 Å². The van der Waals surface area contributed by atoms with Gasteiger partial charge in [0.25, 0.3) is 0 Å². The molecule has 0 fully saturated rings. The zero-order chi connectivity index (χ0) is 37.8. The number of benzene rings is 3. The number of aromatic nitrogens is 2. The van der Waals surface area contributed by atoms with Gasteiger partial charge in [-0.3, -0.25) is 9.78 Å². The molecule has 0 aliphatic carbocycles. The molecule has 2 heterocycles. The maximum absolute atomic E-state index is 12.2. The first-order chi connectivity index (χ1) is 24.1. The fourth-order valence-corrected chi connectivity index (χ4v) is 13.6. The first-order valence-corrected chi connectivity index (χ1v) is 26.1. The third kappa shape index (κ3) is 8.73. The fraction of sp³-hybridized carbons (Fsp3) is 0.477. The number of carbonyl (C=O) groups is 1. The van der Waals surface area contributed by atoms with Gasteiger partial charge in [0.2, 0.25) is 0 Å². The van der Waals surface area contributed by atoms with E-state index in [1.165, 1.54) is 55.0 Å². The minimum Gasteiger partial charge on any atom is -0.512 e. The summed E-state index contributed by atoms with van der Waals surface area (Å²) in [6.45, 7) is 26.5. The van der Waals surface area contributed by atoms with E-state index >= 15 is 0 Å². The Morgan fingerprint density at radius 3 is 1.98 bits per heavy atom. The molecule has 4 nitrogen and oxygen atoms in total. The van der Waals surface area contributed by atoms with E-state index in [-0.39, 0.29) is 42.5 Å². The molecule has 8 heteroatoms. The van der Waals surface area contributed by atoms with Crippen molar-refractivity contribution in [3.05, 3.63) is 72.8 Å². The van der Waals surface area contributed by atoms with Gasteiger partial charge in [0.15, 0.2) is 5.78 Å². The van der Waals surface area contributed by atoms with E-state index in [2.05, 4.69) is 95.0 Å². The van der Waals surface area contributed by atoms with Crippen molar-refractivity contribution in [3.63, 3.8) is 0 Å². The molecule has 0 aliphatic rings. The molecule has 2 aromatic heterocycles. The molecular weight excluding hydrogens is 869 g/mol. The first-order valence-electron chi connectivity index (χ1n) is 19.2. The summed E-state index contributed by atoms with van der Waals surface area (Å²) in [6, 6.07) is 25.8. The molecule has 0 unspecified atom stereocenters. The van der Waals surface area contributed by atoms with Gasteiger partial charge in [-0.2, -0.15) is 0 Å². The summed E-state index contributed by atoms with van der Waals surface area (Å²) >= 11 is 1.85. The number of hydrogen-bond donors (Lipinski definition) is 1. The summed E-state index contributed by atoms with van der Waals surface area (Å²) in [5, 5.41) is 17.0. The number of nitrogens with zero attached hydrogens (tertiary/aromatic N) is 2. The van der Waals surface area contributed by atoms with Gasteiger partial charge >= 0.3 is 0 Å². The van der Waals surface area contributed by atoms with Crippen molar-refractivity contribution in [2.45, 2.75) is 126 Å². The van der Waals surface area contributed by atoms with Crippen LogP contribution in [0.2, 0.25) is 37.8 Å². The van der Waals surface area contributed by atoms with E-state index in [4.69, 9.17) is 9.97 Å². The fourth-order valence-electron chi connectivity index (χ4n) is 7.12. The van der Waals surface area contributed by atoms with Gasteiger partial charge in [-0.25, -0.2) is 4.98 Å². The van der Waals surface area contributed by atoms with Gasteiger partial charge in [-0.05, 0) is 31.7 Å². The number of hydrogen-bond acceptors (Lipinski definition) is 5. The molecule has 283 valence electrons. The van der Waals surface area contributed by atoms with Crippen LogP contribution in [0.3, 0.4) is 0 Å². The smallest absolute Gasteiger partial charge is 0.164 e. The average molecular weight is 930 g/mol. The topological polar surface area (TPSA) is 63.1 Å². The molecule has 0 bridgehead atoms. The van der Waals surface area contributed by atoms with Crippen molar-refractivity contribution < 1.29 is 30.0 Å². The quantitative estimate of drug-likeness (QED) is 0.0553. The second-order valence-corrected chi connectivity index (χ2v) is 27.2. The Balaban J connectivity index is 0.000000347. The number of thiophene rings is 1. The molecule has 0 saturated carbocycles. The van der Waals surface area contributed by atoms with Crippen LogP contribution in [0.4, 0.5) is 0 Å². The number of aliphatic hydroxyl groups is 1. The van der Waals surface area contributed by atoms with Gasteiger partial charge in [-0.15, -0.1) is 40.1 Å². The summed E-state index contributed by atoms with van der Waals surface area (Å²) < 4.78 is 2.52. The predicted octanol–water partition coefficient (Wildman–Crippen LogP) is 12.4. The van der Waals surface area contributed by atoms with Gasteiger partial charge < -0.3 is 5.11 Å². The van der Waals surface area contributed by atoms with E-state index in [0.29, 0.717) is 0 Å². The largest absolute Gasteiger partial charge is 0.512 e.